The Morgan fingerprint density at radius 1 is 1.15 bits per heavy atom. The highest BCUT2D eigenvalue weighted by atomic mass is 19.1. The number of carbonyl (C=O) groups is 1. The number of carboxylic acids is 1. The first-order valence-electron chi connectivity index (χ1n) is 10.5. The number of hydrogen-bond donors (Lipinski definition) is 1. The van der Waals surface area contributed by atoms with E-state index in [0.717, 1.165) is 16.7 Å². The molecule has 0 saturated heterocycles. The summed E-state index contributed by atoms with van der Waals surface area (Å²) in [5.41, 5.74) is 2.87. The van der Waals surface area contributed by atoms with Crippen molar-refractivity contribution in [3.8, 4) is 40.2 Å². The van der Waals surface area contributed by atoms with Gasteiger partial charge in [-0.2, -0.15) is 0 Å². The first-order valence-corrected chi connectivity index (χ1v) is 10.5. The highest BCUT2D eigenvalue weighted by Gasteiger charge is 2.24. The van der Waals surface area contributed by atoms with E-state index >= 15 is 0 Å². The fraction of sp³-hybridized carbons (Fsp3) is 0.222. The predicted molar refractivity (Wildman–Crippen MR) is 122 cm³/mol. The second-order valence-electron chi connectivity index (χ2n) is 7.64. The van der Waals surface area contributed by atoms with Crippen molar-refractivity contribution in [2.24, 2.45) is 0 Å². The first kappa shape index (κ1) is 22.2. The second kappa shape index (κ2) is 9.66. The van der Waals surface area contributed by atoms with Crippen LogP contribution in [0.5, 0.6) is 17.2 Å². The molecule has 1 aliphatic heterocycles. The summed E-state index contributed by atoms with van der Waals surface area (Å²) in [6.45, 7) is 1.98. The van der Waals surface area contributed by atoms with E-state index in [0.29, 0.717) is 29.4 Å². The minimum atomic E-state index is -0.907. The number of rotatable bonds is 6. The number of carboxylic acid groups (broad SMARTS) is 1. The van der Waals surface area contributed by atoms with Gasteiger partial charge in [-0.3, -0.25) is 4.79 Å². The molecule has 0 amide bonds. The van der Waals surface area contributed by atoms with Gasteiger partial charge in [0.2, 0.25) is 0 Å². The number of methoxy groups -OCH3 is 1. The Labute approximate surface area is 191 Å². The standard InChI is InChI=1S/C27H23FO5/c1-3-4-19(14-27(29)30)20-9-12-24-25(13-20)32-16-26(33-24)18-7-5-17(6-8-18)22-15-21(31-2)10-11-23(22)28/h5-13,15,19,26H,14,16H2,1-2H3,(H,29,30). The Kier molecular flexibility index (Phi) is 6.50. The van der Waals surface area contributed by atoms with Crippen molar-refractivity contribution in [3.63, 3.8) is 0 Å². The molecule has 1 aliphatic rings. The van der Waals surface area contributed by atoms with Gasteiger partial charge in [-0.25, -0.2) is 4.39 Å². The van der Waals surface area contributed by atoms with Crippen LogP contribution in [0.4, 0.5) is 4.39 Å². The van der Waals surface area contributed by atoms with Crippen LogP contribution in [0, 0.1) is 17.7 Å². The van der Waals surface area contributed by atoms with Crippen LogP contribution in [0.2, 0.25) is 0 Å². The smallest absolute Gasteiger partial charge is 0.304 e. The van der Waals surface area contributed by atoms with E-state index < -0.39 is 11.9 Å². The van der Waals surface area contributed by atoms with Crippen LogP contribution >= 0.6 is 0 Å². The van der Waals surface area contributed by atoms with E-state index in [9.17, 15) is 9.18 Å². The van der Waals surface area contributed by atoms with Crippen LogP contribution in [-0.2, 0) is 4.79 Å². The summed E-state index contributed by atoms with van der Waals surface area (Å²) >= 11 is 0. The number of aliphatic carboxylic acids is 1. The molecule has 1 heterocycles. The van der Waals surface area contributed by atoms with Gasteiger partial charge in [-0.15, -0.1) is 5.92 Å². The van der Waals surface area contributed by atoms with Gasteiger partial charge < -0.3 is 19.3 Å². The van der Waals surface area contributed by atoms with Crippen molar-refractivity contribution >= 4 is 5.97 Å². The molecule has 0 fully saturated rings. The summed E-state index contributed by atoms with van der Waals surface area (Å²) in [6, 6.07) is 17.5. The van der Waals surface area contributed by atoms with Crippen molar-refractivity contribution in [3.05, 3.63) is 77.6 Å². The second-order valence-corrected chi connectivity index (χ2v) is 7.64. The normalized spacial score (nSPS) is 15.2. The number of benzene rings is 3. The van der Waals surface area contributed by atoms with Crippen LogP contribution in [-0.4, -0.2) is 24.8 Å². The first-order chi connectivity index (χ1) is 16.0. The number of halogens is 1. The summed E-state index contributed by atoms with van der Waals surface area (Å²) in [7, 11) is 1.55. The monoisotopic (exact) mass is 446 g/mol. The molecule has 0 bridgehead atoms. The summed E-state index contributed by atoms with van der Waals surface area (Å²) in [4.78, 5) is 11.2. The molecule has 168 valence electrons. The van der Waals surface area contributed by atoms with Gasteiger partial charge in [-0.05, 0) is 53.9 Å². The van der Waals surface area contributed by atoms with E-state index in [1.807, 2.05) is 30.3 Å². The van der Waals surface area contributed by atoms with E-state index in [1.165, 1.54) is 6.07 Å². The lowest BCUT2D eigenvalue weighted by atomic mass is 9.95. The zero-order valence-corrected chi connectivity index (χ0v) is 18.3. The van der Waals surface area contributed by atoms with E-state index in [-0.39, 0.29) is 18.3 Å². The minimum Gasteiger partial charge on any atom is -0.497 e. The van der Waals surface area contributed by atoms with Gasteiger partial charge in [0.1, 0.15) is 18.2 Å². The van der Waals surface area contributed by atoms with Crippen molar-refractivity contribution < 1.29 is 28.5 Å². The number of fused-ring (bicyclic) bond motifs is 1. The molecule has 0 aliphatic carbocycles. The molecule has 1 N–H and O–H groups in total. The third-order valence-corrected chi connectivity index (χ3v) is 5.49. The molecular weight excluding hydrogens is 423 g/mol. The molecule has 2 atom stereocenters. The van der Waals surface area contributed by atoms with Crippen molar-refractivity contribution in [1.29, 1.82) is 0 Å². The van der Waals surface area contributed by atoms with Gasteiger partial charge in [-0.1, -0.05) is 36.3 Å². The summed E-state index contributed by atoms with van der Waals surface area (Å²) < 4.78 is 31.5. The number of ether oxygens (including phenoxy) is 3. The lowest BCUT2D eigenvalue weighted by Crippen LogP contribution is -2.21. The van der Waals surface area contributed by atoms with E-state index in [2.05, 4.69) is 11.8 Å². The van der Waals surface area contributed by atoms with Crippen LogP contribution in [0.1, 0.15) is 36.5 Å². The molecule has 3 aromatic rings. The van der Waals surface area contributed by atoms with Crippen molar-refractivity contribution in [2.45, 2.75) is 25.4 Å². The van der Waals surface area contributed by atoms with E-state index in [1.54, 1.807) is 38.3 Å². The molecule has 5 nitrogen and oxygen atoms in total. The largest absolute Gasteiger partial charge is 0.497 e. The molecule has 0 aromatic heterocycles. The van der Waals surface area contributed by atoms with Gasteiger partial charge in [0.25, 0.3) is 0 Å². The maximum Gasteiger partial charge on any atom is 0.304 e. The van der Waals surface area contributed by atoms with Crippen LogP contribution in [0.15, 0.2) is 60.7 Å². The van der Waals surface area contributed by atoms with Crippen LogP contribution in [0.25, 0.3) is 11.1 Å². The molecule has 4 rings (SSSR count). The summed E-state index contributed by atoms with van der Waals surface area (Å²) in [5.74, 6) is 5.82. The average molecular weight is 446 g/mol. The van der Waals surface area contributed by atoms with Gasteiger partial charge in [0, 0.05) is 5.56 Å². The summed E-state index contributed by atoms with van der Waals surface area (Å²) in [6.07, 6.45) is -0.401. The quantitative estimate of drug-likeness (QED) is 0.500. The molecular formula is C27H23FO5. The molecule has 6 heteroatoms. The lowest BCUT2D eigenvalue weighted by Gasteiger charge is -2.27. The Hall–Kier alpha value is -3.98. The highest BCUT2D eigenvalue weighted by Crippen LogP contribution is 2.39. The Bertz CT molecular complexity index is 1220. The zero-order valence-electron chi connectivity index (χ0n) is 18.3. The van der Waals surface area contributed by atoms with Crippen molar-refractivity contribution in [1.82, 2.24) is 0 Å². The van der Waals surface area contributed by atoms with Crippen LogP contribution < -0.4 is 14.2 Å². The maximum atomic E-state index is 14.3. The number of hydrogen-bond acceptors (Lipinski definition) is 4. The van der Waals surface area contributed by atoms with E-state index in [4.69, 9.17) is 19.3 Å². The average Bonchev–Trinajstić information content (AvgIpc) is 2.83. The molecule has 0 spiro atoms. The SMILES string of the molecule is CC#CC(CC(=O)O)c1ccc2c(c1)OCC(c1ccc(-c3cc(OC)ccc3F)cc1)O2. The third kappa shape index (κ3) is 4.93. The topological polar surface area (TPSA) is 65.0 Å². The predicted octanol–water partition coefficient (Wildman–Crippen LogP) is 5.60. The molecule has 3 aromatic carbocycles. The van der Waals surface area contributed by atoms with Crippen molar-refractivity contribution in [2.75, 3.05) is 13.7 Å². The summed E-state index contributed by atoms with van der Waals surface area (Å²) in [5, 5.41) is 9.15. The maximum absolute atomic E-state index is 14.3. The molecule has 0 saturated carbocycles. The highest BCUT2D eigenvalue weighted by molar-refractivity contribution is 5.69. The van der Waals surface area contributed by atoms with Gasteiger partial charge >= 0.3 is 5.97 Å². The molecule has 0 radical (unpaired) electrons. The Morgan fingerprint density at radius 2 is 1.94 bits per heavy atom. The molecule has 2 unspecified atom stereocenters. The fourth-order valence-electron chi connectivity index (χ4n) is 3.80. The van der Waals surface area contributed by atoms with Gasteiger partial charge in [0.05, 0.1) is 19.4 Å². The lowest BCUT2D eigenvalue weighted by molar-refractivity contribution is -0.137. The van der Waals surface area contributed by atoms with Gasteiger partial charge in [0.15, 0.2) is 17.6 Å². The van der Waals surface area contributed by atoms with Crippen LogP contribution in [0.3, 0.4) is 0 Å². The molecule has 33 heavy (non-hydrogen) atoms. The fourth-order valence-corrected chi connectivity index (χ4v) is 3.80. The third-order valence-electron chi connectivity index (χ3n) is 5.49. The zero-order chi connectivity index (χ0) is 23.4. The minimum absolute atomic E-state index is 0.0800. The Balaban J connectivity index is 1.52. The Morgan fingerprint density at radius 3 is 2.64 bits per heavy atom.